The van der Waals surface area contributed by atoms with E-state index in [0.29, 0.717) is 13.2 Å². The molecule has 1 N–H and O–H groups in total. The van der Waals surface area contributed by atoms with Crippen LogP contribution in [-0.2, 0) is 4.79 Å². The number of carbonyl (C=O) groups excluding carboxylic acids is 1. The first-order valence-electron chi connectivity index (χ1n) is 7.98. The number of hydrogen-bond acceptors (Lipinski definition) is 3. The van der Waals surface area contributed by atoms with Crippen molar-refractivity contribution in [3.05, 3.63) is 53.6 Å². The van der Waals surface area contributed by atoms with Crippen LogP contribution in [0.1, 0.15) is 23.5 Å². The molecule has 0 radical (unpaired) electrons. The number of benzene rings is 2. The van der Waals surface area contributed by atoms with Crippen molar-refractivity contribution >= 4 is 11.6 Å². The quantitative estimate of drug-likeness (QED) is 0.944. The first-order chi connectivity index (χ1) is 11.2. The molecule has 1 aliphatic carbocycles. The van der Waals surface area contributed by atoms with E-state index in [0.717, 1.165) is 34.7 Å². The van der Waals surface area contributed by atoms with E-state index in [1.165, 1.54) is 0 Å². The van der Waals surface area contributed by atoms with Gasteiger partial charge in [0.05, 0.1) is 0 Å². The highest BCUT2D eigenvalue weighted by Gasteiger charge is 2.44. The molecule has 1 aliphatic heterocycles. The maximum Gasteiger partial charge on any atom is 0.228 e. The van der Waals surface area contributed by atoms with Crippen LogP contribution in [0.4, 0.5) is 5.69 Å². The molecule has 0 spiro atoms. The van der Waals surface area contributed by atoms with Crippen molar-refractivity contribution in [2.24, 2.45) is 5.92 Å². The van der Waals surface area contributed by atoms with Crippen molar-refractivity contribution < 1.29 is 14.3 Å². The van der Waals surface area contributed by atoms with Crippen LogP contribution < -0.4 is 14.8 Å². The molecule has 2 aromatic rings. The first-order valence-corrected chi connectivity index (χ1v) is 7.98. The topological polar surface area (TPSA) is 47.6 Å². The SMILES string of the molecule is Cc1cccc(NC(=O)[C@@H]2C[C@H]2c2ccc3c(c2)OCCO3)c1. The smallest absolute Gasteiger partial charge is 0.228 e. The number of carbonyl (C=O) groups is 1. The summed E-state index contributed by atoms with van der Waals surface area (Å²) in [6.45, 7) is 3.19. The fourth-order valence-corrected chi connectivity index (χ4v) is 3.10. The fraction of sp³-hybridized carbons (Fsp3) is 0.316. The molecule has 1 heterocycles. The van der Waals surface area contributed by atoms with Gasteiger partial charge >= 0.3 is 0 Å². The highest BCUT2D eigenvalue weighted by molar-refractivity contribution is 5.95. The second-order valence-corrected chi connectivity index (χ2v) is 6.21. The average molecular weight is 309 g/mol. The molecule has 2 aliphatic rings. The summed E-state index contributed by atoms with van der Waals surface area (Å²) in [6.07, 6.45) is 0.886. The van der Waals surface area contributed by atoms with Crippen molar-refractivity contribution in [1.82, 2.24) is 0 Å². The van der Waals surface area contributed by atoms with Gasteiger partial charge in [0.1, 0.15) is 13.2 Å². The highest BCUT2D eigenvalue weighted by Crippen LogP contribution is 2.49. The monoisotopic (exact) mass is 309 g/mol. The Kier molecular flexibility index (Phi) is 3.45. The molecule has 0 bridgehead atoms. The second kappa shape index (κ2) is 5.61. The molecule has 2 atom stereocenters. The lowest BCUT2D eigenvalue weighted by Crippen LogP contribution is -2.16. The third-order valence-electron chi connectivity index (χ3n) is 4.41. The maximum absolute atomic E-state index is 12.4. The van der Waals surface area contributed by atoms with E-state index in [4.69, 9.17) is 9.47 Å². The van der Waals surface area contributed by atoms with Gasteiger partial charge in [-0.3, -0.25) is 4.79 Å². The summed E-state index contributed by atoms with van der Waals surface area (Å²) in [4.78, 5) is 12.4. The summed E-state index contributed by atoms with van der Waals surface area (Å²) in [5, 5.41) is 3.01. The Hall–Kier alpha value is -2.49. The van der Waals surface area contributed by atoms with Gasteiger partial charge in [-0.15, -0.1) is 0 Å². The Morgan fingerprint density at radius 3 is 2.74 bits per heavy atom. The van der Waals surface area contributed by atoms with Gasteiger partial charge in [-0.2, -0.15) is 0 Å². The summed E-state index contributed by atoms with van der Waals surface area (Å²) in [5.74, 6) is 1.99. The Labute approximate surface area is 135 Å². The van der Waals surface area contributed by atoms with E-state index in [9.17, 15) is 4.79 Å². The van der Waals surface area contributed by atoms with Crippen molar-refractivity contribution in [3.8, 4) is 11.5 Å². The second-order valence-electron chi connectivity index (χ2n) is 6.21. The maximum atomic E-state index is 12.4. The Morgan fingerprint density at radius 2 is 1.91 bits per heavy atom. The summed E-state index contributed by atoms with van der Waals surface area (Å²) in [6, 6.07) is 13.9. The molecule has 1 saturated carbocycles. The Morgan fingerprint density at radius 1 is 1.09 bits per heavy atom. The van der Waals surface area contributed by atoms with Gasteiger partial charge in [0.25, 0.3) is 0 Å². The molecule has 2 aromatic carbocycles. The van der Waals surface area contributed by atoms with Gasteiger partial charge in [0, 0.05) is 11.6 Å². The highest BCUT2D eigenvalue weighted by atomic mass is 16.6. The minimum atomic E-state index is 0.0399. The van der Waals surface area contributed by atoms with Gasteiger partial charge < -0.3 is 14.8 Å². The molecule has 1 fully saturated rings. The zero-order valence-electron chi connectivity index (χ0n) is 13.0. The average Bonchev–Trinajstić information content (AvgIpc) is 3.35. The summed E-state index contributed by atoms with van der Waals surface area (Å²) in [5.41, 5.74) is 3.16. The lowest BCUT2D eigenvalue weighted by atomic mass is 10.1. The predicted molar refractivity (Wildman–Crippen MR) is 88.1 cm³/mol. The molecule has 0 saturated heterocycles. The third kappa shape index (κ3) is 2.89. The number of amides is 1. The van der Waals surface area contributed by atoms with Crippen LogP contribution in [0.15, 0.2) is 42.5 Å². The Bertz CT molecular complexity index is 756. The summed E-state index contributed by atoms with van der Waals surface area (Å²) in [7, 11) is 0. The zero-order valence-corrected chi connectivity index (χ0v) is 13.0. The largest absolute Gasteiger partial charge is 0.486 e. The molecule has 4 rings (SSSR count). The summed E-state index contributed by atoms with van der Waals surface area (Å²) >= 11 is 0. The van der Waals surface area contributed by atoms with Crippen LogP contribution in [0.25, 0.3) is 0 Å². The number of rotatable bonds is 3. The van der Waals surface area contributed by atoms with E-state index in [-0.39, 0.29) is 17.7 Å². The van der Waals surface area contributed by atoms with Crippen LogP contribution in [0.5, 0.6) is 11.5 Å². The molecule has 1 amide bonds. The molecule has 118 valence electrons. The fourth-order valence-electron chi connectivity index (χ4n) is 3.10. The van der Waals surface area contributed by atoms with Crippen LogP contribution in [0.2, 0.25) is 0 Å². The third-order valence-corrected chi connectivity index (χ3v) is 4.41. The summed E-state index contributed by atoms with van der Waals surface area (Å²) < 4.78 is 11.2. The first kappa shape index (κ1) is 14.1. The molecule has 0 unspecified atom stereocenters. The lowest BCUT2D eigenvalue weighted by Gasteiger charge is -2.18. The minimum Gasteiger partial charge on any atom is -0.486 e. The van der Waals surface area contributed by atoms with E-state index >= 15 is 0 Å². The molecular formula is C19H19NO3. The van der Waals surface area contributed by atoms with Gasteiger partial charge in [0.15, 0.2) is 11.5 Å². The van der Waals surface area contributed by atoms with E-state index in [1.807, 2.05) is 49.4 Å². The van der Waals surface area contributed by atoms with Crippen molar-refractivity contribution in [1.29, 1.82) is 0 Å². The Balaban J connectivity index is 1.44. The molecular weight excluding hydrogens is 290 g/mol. The lowest BCUT2D eigenvalue weighted by molar-refractivity contribution is -0.117. The van der Waals surface area contributed by atoms with Crippen molar-refractivity contribution in [2.75, 3.05) is 18.5 Å². The van der Waals surface area contributed by atoms with Crippen molar-refractivity contribution in [2.45, 2.75) is 19.3 Å². The number of anilines is 1. The molecule has 4 heteroatoms. The van der Waals surface area contributed by atoms with E-state index in [2.05, 4.69) is 5.32 Å². The van der Waals surface area contributed by atoms with Gasteiger partial charge in [-0.1, -0.05) is 18.2 Å². The number of nitrogens with one attached hydrogen (secondary N) is 1. The standard InChI is InChI=1S/C19H19NO3/c1-12-3-2-4-14(9-12)20-19(21)16-11-15(16)13-5-6-17-18(10-13)23-8-7-22-17/h2-6,9-10,15-16H,7-8,11H2,1H3,(H,20,21)/t15-,16+/m0/s1. The van der Waals surface area contributed by atoms with Crippen LogP contribution in [0.3, 0.4) is 0 Å². The zero-order chi connectivity index (χ0) is 15.8. The predicted octanol–water partition coefficient (Wildman–Crippen LogP) is 3.51. The number of fused-ring (bicyclic) bond motifs is 1. The number of aryl methyl sites for hydroxylation is 1. The van der Waals surface area contributed by atoms with Crippen LogP contribution in [-0.4, -0.2) is 19.1 Å². The van der Waals surface area contributed by atoms with Crippen LogP contribution in [0, 0.1) is 12.8 Å². The normalized spacial score (nSPS) is 21.6. The van der Waals surface area contributed by atoms with Crippen molar-refractivity contribution in [3.63, 3.8) is 0 Å². The van der Waals surface area contributed by atoms with Gasteiger partial charge in [0.2, 0.25) is 5.91 Å². The van der Waals surface area contributed by atoms with E-state index < -0.39 is 0 Å². The molecule has 0 aromatic heterocycles. The van der Waals surface area contributed by atoms with Gasteiger partial charge in [-0.05, 0) is 54.7 Å². The molecule has 4 nitrogen and oxygen atoms in total. The van der Waals surface area contributed by atoms with Gasteiger partial charge in [-0.25, -0.2) is 0 Å². The molecule has 23 heavy (non-hydrogen) atoms. The minimum absolute atomic E-state index is 0.0399. The van der Waals surface area contributed by atoms with E-state index in [1.54, 1.807) is 0 Å². The number of ether oxygens (including phenoxy) is 2. The number of hydrogen-bond donors (Lipinski definition) is 1. The van der Waals surface area contributed by atoms with Crippen LogP contribution >= 0.6 is 0 Å².